The lowest BCUT2D eigenvalue weighted by Crippen LogP contribution is -2.38. The summed E-state index contributed by atoms with van der Waals surface area (Å²) in [7, 11) is 0. The highest BCUT2D eigenvalue weighted by Gasteiger charge is 2.18. The average Bonchev–Trinajstić information content (AvgIpc) is 2.39. The maximum atomic E-state index is 12.3. The van der Waals surface area contributed by atoms with Gasteiger partial charge in [0.2, 0.25) is 0 Å². The van der Waals surface area contributed by atoms with Gasteiger partial charge in [-0.25, -0.2) is 0 Å². The van der Waals surface area contributed by atoms with E-state index in [9.17, 15) is 4.79 Å². The molecule has 0 aliphatic rings. The van der Waals surface area contributed by atoms with Crippen LogP contribution in [0.15, 0.2) is 24.3 Å². The Labute approximate surface area is 103 Å². The van der Waals surface area contributed by atoms with E-state index in [1.807, 2.05) is 18.7 Å². The number of rotatable bonds is 4. The lowest BCUT2D eigenvalue weighted by molar-refractivity contribution is 0.0700. The van der Waals surface area contributed by atoms with Gasteiger partial charge in [-0.15, -0.1) is 0 Å². The molecule has 3 heteroatoms. The zero-order valence-electron chi connectivity index (χ0n) is 10.6. The van der Waals surface area contributed by atoms with Crippen molar-refractivity contribution in [2.24, 2.45) is 0 Å². The van der Waals surface area contributed by atoms with Crippen LogP contribution in [0.2, 0.25) is 0 Å². The molecule has 0 aliphatic heterocycles. The van der Waals surface area contributed by atoms with Gasteiger partial charge in [-0.05, 0) is 38.5 Å². The van der Waals surface area contributed by atoms with Crippen LogP contribution in [-0.4, -0.2) is 23.4 Å². The summed E-state index contributed by atoms with van der Waals surface area (Å²) in [6, 6.07) is 9.13. The fraction of sp³-hybridized carbons (Fsp3) is 0.429. The number of hydrogen-bond donors (Lipinski definition) is 0. The molecular formula is C14H18N2O. The molecule has 0 heterocycles. The van der Waals surface area contributed by atoms with Gasteiger partial charge in [0.1, 0.15) is 0 Å². The fourth-order valence-electron chi connectivity index (χ4n) is 1.76. The summed E-state index contributed by atoms with van der Waals surface area (Å²) in [5.74, 6) is -0.000972. The summed E-state index contributed by atoms with van der Waals surface area (Å²) in [6.07, 6.45) is 0.928. The number of nitriles is 1. The minimum absolute atomic E-state index is 0.000972. The van der Waals surface area contributed by atoms with E-state index in [4.69, 9.17) is 5.26 Å². The quantitative estimate of drug-likeness (QED) is 0.798. The molecule has 0 N–H and O–H groups in total. The molecule has 0 radical (unpaired) electrons. The Morgan fingerprint density at radius 1 is 1.47 bits per heavy atom. The van der Waals surface area contributed by atoms with Crippen molar-refractivity contribution in [1.29, 1.82) is 5.26 Å². The Morgan fingerprint density at radius 2 is 2.18 bits per heavy atom. The second-order valence-corrected chi connectivity index (χ2v) is 4.04. The van der Waals surface area contributed by atoms with E-state index in [0.29, 0.717) is 17.7 Å². The lowest BCUT2D eigenvalue weighted by Gasteiger charge is -2.27. The third-order valence-electron chi connectivity index (χ3n) is 2.96. The van der Waals surface area contributed by atoms with Crippen molar-refractivity contribution in [3.63, 3.8) is 0 Å². The van der Waals surface area contributed by atoms with Crippen LogP contribution in [0, 0.1) is 11.3 Å². The van der Waals surface area contributed by atoms with E-state index in [0.717, 1.165) is 6.42 Å². The van der Waals surface area contributed by atoms with Crippen LogP contribution in [-0.2, 0) is 0 Å². The minimum Gasteiger partial charge on any atom is -0.336 e. The van der Waals surface area contributed by atoms with Crippen LogP contribution < -0.4 is 0 Å². The highest BCUT2D eigenvalue weighted by Crippen LogP contribution is 2.12. The summed E-state index contributed by atoms with van der Waals surface area (Å²) in [4.78, 5) is 14.1. The van der Waals surface area contributed by atoms with Gasteiger partial charge in [0.25, 0.3) is 5.91 Å². The molecule has 0 saturated heterocycles. The Hall–Kier alpha value is -1.82. The fourth-order valence-corrected chi connectivity index (χ4v) is 1.76. The van der Waals surface area contributed by atoms with Gasteiger partial charge in [0.05, 0.1) is 11.6 Å². The largest absolute Gasteiger partial charge is 0.336 e. The SMILES string of the molecule is CCC(C)N(CC)C(=O)c1cccc(C#N)c1. The van der Waals surface area contributed by atoms with Crippen LogP contribution in [0.25, 0.3) is 0 Å². The Morgan fingerprint density at radius 3 is 2.71 bits per heavy atom. The summed E-state index contributed by atoms with van der Waals surface area (Å²) in [5, 5.41) is 8.82. The average molecular weight is 230 g/mol. The van der Waals surface area contributed by atoms with E-state index in [1.165, 1.54) is 0 Å². The van der Waals surface area contributed by atoms with Crippen LogP contribution in [0.3, 0.4) is 0 Å². The number of carbonyl (C=O) groups is 1. The van der Waals surface area contributed by atoms with Crippen molar-refractivity contribution in [3.8, 4) is 6.07 Å². The molecule has 0 bridgehead atoms. The predicted octanol–water partition coefficient (Wildman–Crippen LogP) is 2.82. The maximum Gasteiger partial charge on any atom is 0.254 e. The van der Waals surface area contributed by atoms with Gasteiger partial charge >= 0.3 is 0 Å². The highest BCUT2D eigenvalue weighted by atomic mass is 16.2. The smallest absolute Gasteiger partial charge is 0.254 e. The van der Waals surface area contributed by atoms with Crippen molar-refractivity contribution >= 4 is 5.91 Å². The number of hydrogen-bond acceptors (Lipinski definition) is 2. The molecule has 1 amide bonds. The zero-order valence-corrected chi connectivity index (χ0v) is 10.6. The first-order valence-electron chi connectivity index (χ1n) is 5.95. The lowest BCUT2D eigenvalue weighted by atomic mass is 10.1. The summed E-state index contributed by atoms with van der Waals surface area (Å²) in [5.41, 5.74) is 1.11. The molecule has 3 nitrogen and oxygen atoms in total. The van der Waals surface area contributed by atoms with Crippen molar-refractivity contribution < 1.29 is 4.79 Å². The number of benzene rings is 1. The van der Waals surface area contributed by atoms with Crippen LogP contribution >= 0.6 is 0 Å². The minimum atomic E-state index is -0.000972. The van der Waals surface area contributed by atoms with Crippen LogP contribution in [0.4, 0.5) is 0 Å². The van der Waals surface area contributed by atoms with E-state index < -0.39 is 0 Å². The molecular weight excluding hydrogens is 212 g/mol. The molecule has 90 valence electrons. The maximum absolute atomic E-state index is 12.3. The summed E-state index contributed by atoms with van der Waals surface area (Å²) < 4.78 is 0. The Balaban J connectivity index is 2.98. The standard InChI is InChI=1S/C14H18N2O/c1-4-11(3)16(5-2)14(17)13-8-6-7-12(9-13)10-15/h6-9,11H,4-5H2,1-3H3. The van der Waals surface area contributed by atoms with Gasteiger partial charge < -0.3 is 4.90 Å². The van der Waals surface area contributed by atoms with Crippen molar-refractivity contribution in [2.75, 3.05) is 6.54 Å². The molecule has 17 heavy (non-hydrogen) atoms. The molecule has 0 spiro atoms. The molecule has 1 aromatic rings. The normalized spacial score (nSPS) is 11.6. The van der Waals surface area contributed by atoms with E-state index in [2.05, 4.69) is 13.0 Å². The molecule has 0 saturated carbocycles. The second-order valence-electron chi connectivity index (χ2n) is 4.04. The molecule has 0 aliphatic carbocycles. The second kappa shape index (κ2) is 6.05. The van der Waals surface area contributed by atoms with Crippen molar-refractivity contribution in [3.05, 3.63) is 35.4 Å². The topological polar surface area (TPSA) is 44.1 Å². The third kappa shape index (κ3) is 3.07. The van der Waals surface area contributed by atoms with E-state index in [-0.39, 0.29) is 11.9 Å². The van der Waals surface area contributed by atoms with E-state index in [1.54, 1.807) is 24.3 Å². The first kappa shape index (κ1) is 13.2. The Bertz CT molecular complexity index is 434. The highest BCUT2D eigenvalue weighted by molar-refractivity contribution is 5.94. The molecule has 1 unspecified atom stereocenters. The molecule has 0 aromatic heterocycles. The van der Waals surface area contributed by atoms with E-state index >= 15 is 0 Å². The van der Waals surface area contributed by atoms with Gasteiger partial charge in [-0.3, -0.25) is 4.79 Å². The van der Waals surface area contributed by atoms with Crippen molar-refractivity contribution in [1.82, 2.24) is 4.90 Å². The summed E-state index contributed by atoms with van der Waals surface area (Å²) in [6.45, 7) is 6.75. The van der Waals surface area contributed by atoms with Gasteiger partial charge in [0, 0.05) is 18.2 Å². The van der Waals surface area contributed by atoms with Gasteiger partial charge in [-0.1, -0.05) is 13.0 Å². The van der Waals surface area contributed by atoms with Crippen LogP contribution in [0.5, 0.6) is 0 Å². The third-order valence-corrected chi connectivity index (χ3v) is 2.96. The number of carbonyl (C=O) groups excluding carboxylic acids is 1. The predicted molar refractivity (Wildman–Crippen MR) is 67.6 cm³/mol. The molecule has 0 fully saturated rings. The van der Waals surface area contributed by atoms with Gasteiger partial charge in [0.15, 0.2) is 0 Å². The van der Waals surface area contributed by atoms with Crippen LogP contribution in [0.1, 0.15) is 43.1 Å². The Kier molecular flexibility index (Phi) is 4.71. The first-order valence-corrected chi connectivity index (χ1v) is 5.95. The number of nitrogens with zero attached hydrogens (tertiary/aromatic N) is 2. The first-order chi connectivity index (χ1) is 8.13. The molecule has 1 atom stereocenters. The van der Waals surface area contributed by atoms with Gasteiger partial charge in [-0.2, -0.15) is 5.26 Å². The monoisotopic (exact) mass is 230 g/mol. The molecule has 1 aromatic carbocycles. The number of amides is 1. The zero-order chi connectivity index (χ0) is 12.8. The molecule has 1 rings (SSSR count). The summed E-state index contributed by atoms with van der Waals surface area (Å²) >= 11 is 0. The van der Waals surface area contributed by atoms with Crippen molar-refractivity contribution in [2.45, 2.75) is 33.2 Å².